The van der Waals surface area contributed by atoms with Gasteiger partial charge in [0.2, 0.25) is 0 Å². The molecule has 12 rings (SSSR count). The minimum Gasteiger partial charge on any atom is -0.226 e. The summed E-state index contributed by atoms with van der Waals surface area (Å²) in [6, 6.07) is 69.8. The maximum absolute atomic E-state index is 5.30. The molecule has 0 aliphatic carbocycles. The summed E-state index contributed by atoms with van der Waals surface area (Å²) in [5.41, 5.74) is 11.5. The van der Waals surface area contributed by atoms with Crippen LogP contribution in [0, 0.1) is 0 Å². The largest absolute Gasteiger partial charge is 0.226 e. The van der Waals surface area contributed by atoms with Crippen LogP contribution in [-0.4, -0.2) is 24.9 Å². The van der Waals surface area contributed by atoms with Crippen LogP contribution >= 0.6 is 22.7 Å². The molecule has 62 heavy (non-hydrogen) atoms. The van der Waals surface area contributed by atoms with Gasteiger partial charge in [-0.25, -0.2) is 24.9 Å². The van der Waals surface area contributed by atoms with Crippen LogP contribution in [0.3, 0.4) is 0 Å². The van der Waals surface area contributed by atoms with E-state index in [4.69, 9.17) is 24.9 Å². The van der Waals surface area contributed by atoms with Crippen molar-refractivity contribution in [1.82, 2.24) is 24.9 Å². The first kappa shape index (κ1) is 36.2. The Labute approximate surface area is 365 Å². The predicted octanol–water partition coefficient (Wildman–Crippen LogP) is 15.1. The minimum absolute atomic E-state index is 0.653. The maximum Gasteiger partial charge on any atom is 0.164 e. The van der Waals surface area contributed by atoms with E-state index in [1.165, 1.54) is 25.0 Å². The number of hydrogen-bond donors (Lipinski definition) is 0. The van der Waals surface area contributed by atoms with Crippen molar-refractivity contribution in [2.45, 2.75) is 0 Å². The van der Waals surface area contributed by atoms with Gasteiger partial charge in [0, 0.05) is 58.1 Å². The van der Waals surface area contributed by atoms with Crippen molar-refractivity contribution in [3.63, 3.8) is 0 Å². The summed E-state index contributed by atoms with van der Waals surface area (Å²) >= 11 is 3.55. The van der Waals surface area contributed by atoms with Crippen molar-refractivity contribution in [2.75, 3.05) is 0 Å². The lowest BCUT2D eigenvalue weighted by Gasteiger charge is -2.10. The Morgan fingerprint density at radius 1 is 0.290 bits per heavy atom. The molecule has 0 atom stereocenters. The van der Waals surface area contributed by atoms with Crippen LogP contribution in [-0.2, 0) is 0 Å². The number of benzene rings is 8. The van der Waals surface area contributed by atoms with Crippen LogP contribution in [0.4, 0.5) is 0 Å². The van der Waals surface area contributed by atoms with E-state index < -0.39 is 0 Å². The number of hydrogen-bond acceptors (Lipinski definition) is 7. The molecule has 0 fully saturated rings. The Hall–Kier alpha value is -7.71. The van der Waals surface area contributed by atoms with Crippen molar-refractivity contribution in [2.24, 2.45) is 0 Å². The topological polar surface area (TPSA) is 64.5 Å². The number of thiophene rings is 2. The first-order valence-electron chi connectivity index (χ1n) is 20.5. The van der Waals surface area contributed by atoms with E-state index in [2.05, 4.69) is 133 Å². The smallest absolute Gasteiger partial charge is 0.164 e. The van der Waals surface area contributed by atoms with Gasteiger partial charge in [-0.15, -0.1) is 22.7 Å². The van der Waals surface area contributed by atoms with Gasteiger partial charge in [-0.05, 0) is 46.5 Å². The third kappa shape index (κ3) is 6.43. The van der Waals surface area contributed by atoms with Crippen molar-refractivity contribution in [3.8, 4) is 79.1 Å². The fourth-order valence-electron chi connectivity index (χ4n) is 8.33. The van der Waals surface area contributed by atoms with E-state index in [0.717, 1.165) is 77.0 Å². The highest BCUT2D eigenvalue weighted by Crippen LogP contribution is 2.43. The van der Waals surface area contributed by atoms with E-state index in [-0.39, 0.29) is 0 Å². The van der Waals surface area contributed by atoms with Crippen molar-refractivity contribution in [3.05, 3.63) is 200 Å². The third-order valence-electron chi connectivity index (χ3n) is 11.4. The zero-order chi connectivity index (χ0) is 41.0. The molecule has 0 bridgehead atoms. The van der Waals surface area contributed by atoms with Gasteiger partial charge in [-0.2, -0.15) is 0 Å². The number of rotatable bonds is 7. The summed E-state index contributed by atoms with van der Waals surface area (Å²) in [6.45, 7) is 0. The van der Waals surface area contributed by atoms with Crippen LogP contribution in [0.15, 0.2) is 200 Å². The second-order valence-electron chi connectivity index (χ2n) is 15.2. The highest BCUT2D eigenvalue weighted by Gasteiger charge is 2.19. The van der Waals surface area contributed by atoms with Crippen LogP contribution in [0.25, 0.3) is 120 Å². The number of fused-ring (bicyclic) bond motifs is 6. The number of aromatic nitrogens is 5. The van der Waals surface area contributed by atoms with Crippen LogP contribution < -0.4 is 0 Å². The highest BCUT2D eigenvalue weighted by atomic mass is 32.1. The monoisotopic (exact) mass is 827 g/mol. The molecule has 4 aromatic heterocycles. The third-order valence-corrected chi connectivity index (χ3v) is 13.7. The first-order chi connectivity index (χ1) is 30.7. The minimum atomic E-state index is 0.653. The lowest BCUT2D eigenvalue weighted by atomic mass is 9.99. The van der Waals surface area contributed by atoms with Gasteiger partial charge in [0.05, 0.1) is 15.9 Å². The zero-order valence-electron chi connectivity index (χ0n) is 33.1. The molecule has 12 aromatic rings. The average Bonchev–Trinajstić information content (AvgIpc) is 3.93. The second kappa shape index (κ2) is 15.1. The molecule has 5 nitrogen and oxygen atoms in total. The predicted molar refractivity (Wildman–Crippen MR) is 259 cm³/mol. The molecule has 0 unspecified atom stereocenters. The molecule has 0 saturated heterocycles. The normalized spacial score (nSPS) is 11.5. The molecule has 290 valence electrons. The summed E-state index contributed by atoms with van der Waals surface area (Å²) < 4.78 is 4.69. The summed E-state index contributed by atoms with van der Waals surface area (Å²) in [5, 5.41) is 3.48. The molecule has 0 amide bonds. The second-order valence-corrected chi connectivity index (χ2v) is 17.4. The molecule has 0 aliphatic heterocycles. The summed E-state index contributed by atoms with van der Waals surface area (Å²) in [6.07, 6.45) is 0. The van der Waals surface area contributed by atoms with Gasteiger partial charge >= 0.3 is 0 Å². The molecule has 0 saturated carbocycles. The summed E-state index contributed by atoms with van der Waals surface area (Å²) in [4.78, 5) is 25.6. The van der Waals surface area contributed by atoms with Gasteiger partial charge in [0.25, 0.3) is 0 Å². The summed E-state index contributed by atoms with van der Waals surface area (Å²) in [5.74, 6) is 2.69. The Morgan fingerprint density at radius 2 is 0.823 bits per heavy atom. The standard InChI is InChI=1S/C55H33N5S2/c1-4-14-34(15-5-1)39-20-12-21-41(32-39)54-56-49(51-50(57-54)43-22-10-11-24-45(43)62-51)36-28-26-35(27-29-36)40-30-31-42-47(33-40)61-46-25-13-23-44(48(42)46)55-59-52(37-16-6-2-7-17-37)58-53(60-55)38-18-8-3-9-19-38/h1-33H. The molecule has 0 aliphatic rings. The maximum atomic E-state index is 5.30. The van der Waals surface area contributed by atoms with Crippen molar-refractivity contribution >= 4 is 63.1 Å². The van der Waals surface area contributed by atoms with E-state index in [9.17, 15) is 0 Å². The van der Waals surface area contributed by atoms with E-state index in [0.29, 0.717) is 17.5 Å². The van der Waals surface area contributed by atoms with Gasteiger partial charge in [0.15, 0.2) is 23.3 Å². The Kier molecular flexibility index (Phi) is 8.80. The first-order valence-corrected chi connectivity index (χ1v) is 22.1. The van der Waals surface area contributed by atoms with E-state index >= 15 is 0 Å². The van der Waals surface area contributed by atoms with Gasteiger partial charge in [0.1, 0.15) is 0 Å². The van der Waals surface area contributed by atoms with Crippen LogP contribution in [0.1, 0.15) is 0 Å². The summed E-state index contributed by atoms with van der Waals surface area (Å²) in [7, 11) is 0. The molecule has 0 spiro atoms. The highest BCUT2D eigenvalue weighted by molar-refractivity contribution is 7.26. The molecule has 8 aromatic carbocycles. The van der Waals surface area contributed by atoms with Gasteiger partial charge in [-0.3, -0.25) is 0 Å². The zero-order valence-corrected chi connectivity index (χ0v) is 34.7. The lowest BCUT2D eigenvalue weighted by molar-refractivity contribution is 1.08. The molecule has 0 N–H and O–H groups in total. The fourth-order valence-corrected chi connectivity index (χ4v) is 10.7. The SMILES string of the molecule is c1ccc(-c2cccc(-c3nc(-c4ccc(-c5ccc6c(c5)sc5cccc(-c7nc(-c8ccccc8)nc(-c8ccccc8)n7)c56)cc4)c4sc5ccccc5c4n3)c2)cc1. The molecule has 0 radical (unpaired) electrons. The fraction of sp³-hybridized carbons (Fsp3) is 0. The average molecular weight is 828 g/mol. The van der Waals surface area contributed by atoms with Gasteiger partial charge in [-0.1, -0.05) is 176 Å². The Balaban J connectivity index is 0.935. The van der Waals surface area contributed by atoms with Crippen molar-refractivity contribution in [1.29, 1.82) is 0 Å². The molecule has 7 heteroatoms. The molecular formula is C55H33N5S2. The lowest BCUT2D eigenvalue weighted by Crippen LogP contribution is -2.00. The quantitative estimate of drug-likeness (QED) is 0.160. The van der Waals surface area contributed by atoms with Gasteiger partial charge < -0.3 is 0 Å². The molecular weight excluding hydrogens is 795 g/mol. The molecule has 4 heterocycles. The Bertz CT molecular complexity index is 3560. The van der Waals surface area contributed by atoms with Crippen LogP contribution in [0.5, 0.6) is 0 Å². The number of nitrogens with zero attached hydrogens (tertiary/aromatic N) is 5. The van der Waals surface area contributed by atoms with E-state index in [1.807, 2.05) is 66.7 Å². The van der Waals surface area contributed by atoms with Crippen LogP contribution in [0.2, 0.25) is 0 Å². The Morgan fingerprint density at radius 3 is 1.56 bits per heavy atom. The van der Waals surface area contributed by atoms with E-state index in [1.54, 1.807) is 22.7 Å². The van der Waals surface area contributed by atoms with Crippen molar-refractivity contribution < 1.29 is 0 Å².